The Kier molecular flexibility index (Phi) is 30.4. The van der Waals surface area contributed by atoms with Crippen LogP contribution in [0.15, 0.2) is 169 Å². The van der Waals surface area contributed by atoms with Gasteiger partial charge in [0, 0.05) is 87.2 Å². The highest BCUT2D eigenvalue weighted by Gasteiger charge is 2.24. The van der Waals surface area contributed by atoms with Crippen LogP contribution in [0.2, 0.25) is 45.2 Å². The number of hydrogen-bond acceptors (Lipinski definition) is 13. The summed E-state index contributed by atoms with van der Waals surface area (Å²) in [6, 6.07) is 37.0. The largest absolute Gasteiger partial charge is 0.384 e. The number of carbonyl (C=O) groups excluding carboxylic acids is 6. The average Bonchev–Trinajstić information content (AvgIpc) is 0.823. The van der Waals surface area contributed by atoms with Crippen LogP contribution in [-0.4, -0.2) is 106 Å². The summed E-state index contributed by atoms with van der Waals surface area (Å²) in [6.07, 6.45) is 4.17. The van der Waals surface area contributed by atoms with Gasteiger partial charge in [0.25, 0.3) is 35.4 Å². The molecule has 0 unspecified atom stereocenters. The maximum absolute atomic E-state index is 13.0. The Bertz CT molecular complexity index is 4460. The lowest BCUT2D eigenvalue weighted by atomic mass is 10.1. The molecule has 514 valence electrons. The van der Waals surface area contributed by atoms with E-state index in [1.165, 1.54) is 79.3 Å². The first kappa shape index (κ1) is 80.3. The second-order valence-corrected chi connectivity index (χ2v) is 23.8. The summed E-state index contributed by atoms with van der Waals surface area (Å²) in [5, 5.41) is 33.9. The molecule has 1 aliphatic rings. The van der Waals surface area contributed by atoms with Crippen molar-refractivity contribution in [1.82, 2.24) is 19.9 Å². The zero-order valence-corrected chi connectivity index (χ0v) is 56.4. The molecule has 9 aromatic rings. The molecule has 0 radical (unpaired) electrons. The number of morpholine rings is 1. The van der Waals surface area contributed by atoms with E-state index < -0.39 is 35.4 Å². The molecular weight excluding hydrogens is 1460 g/mol. The van der Waals surface area contributed by atoms with Gasteiger partial charge < -0.3 is 53.0 Å². The summed E-state index contributed by atoms with van der Waals surface area (Å²) < 4.78 is 5.33. The van der Waals surface area contributed by atoms with Gasteiger partial charge in [0.2, 0.25) is 0 Å². The number of ether oxygens (including phenoxy) is 1. The van der Waals surface area contributed by atoms with Gasteiger partial charge in [0.1, 0.15) is 35.0 Å². The van der Waals surface area contributed by atoms with Gasteiger partial charge in [-0.1, -0.05) is 163 Å². The predicted octanol–water partition coefficient (Wildman–Crippen LogP) is 16.8. The molecule has 4 heterocycles. The molecule has 10 rings (SSSR count). The van der Waals surface area contributed by atoms with E-state index in [9.17, 15) is 28.8 Å². The van der Waals surface area contributed by atoms with Crippen molar-refractivity contribution in [3.8, 4) is 0 Å². The Morgan fingerprint density at radius 1 is 0.404 bits per heavy atom. The molecule has 31 heteroatoms. The summed E-state index contributed by atoms with van der Waals surface area (Å²) in [5.41, 5.74) is 14.5. The number of halogens is 9. The van der Waals surface area contributed by atoms with Gasteiger partial charge in [-0.3, -0.25) is 44.6 Å². The van der Waals surface area contributed by atoms with Gasteiger partial charge in [-0.2, -0.15) is 0 Å². The Hall–Kier alpha value is -9.43. The second-order valence-electron chi connectivity index (χ2n) is 19.9. The van der Waals surface area contributed by atoms with E-state index in [2.05, 4.69) is 51.8 Å². The van der Waals surface area contributed by atoms with Gasteiger partial charge >= 0.3 is 0 Å². The van der Waals surface area contributed by atoms with Gasteiger partial charge in [-0.25, -0.2) is 15.0 Å². The number of benzene rings is 6. The van der Waals surface area contributed by atoms with E-state index >= 15 is 0 Å². The second kappa shape index (κ2) is 37.5. The lowest BCUT2D eigenvalue weighted by Crippen LogP contribution is -2.40. The smallest absolute Gasteiger partial charge is 0.259 e. The summed E-state index contributed by atoms with van der Waals surface area (Å²) in [4.78, 5) is 94.8. The minimum atomic E-state index is -0.573. The van der Waals surface area contributed by atoms with Crippen LogP contribution in [0, 0.1) is 10.8 Å². The first-order valence-corrected chi connectivity index (χ1v) is 31.2. The van der Waals surface area contributed by atoms with E-state index in [-0.39, 0.29) is 115 Å². The molecule has 12 N–H and O–H groups in total. The Morgan fingerprint density at radius 2 is 0.697 bits per heavy atom. The first-order chi connectivity index (χ1) is 45.8. The van der Waals surface area contributed by atoms with Crippen LogP contribution in [0.1, 0.15) is 101 Å². The molecule has 6 aromatic carbocycles. The van der Waals surface area contributed by atoms with Gasteiger partial charge in [-0.15, -0.1) is 0 Å². The predicted molar refractivity (Wildman–Crippen MR) is 401 cm³/mol. The lowest BCUT2D eigenvalue weighted by Gasteiger charge is -2.29. The molecule has 0 aliphatic carbocycles. The van der Waals surface area contributed by atoms with E-state index in [1.54, 1.807) is 92.0 Å². The zero-order chi connectivity index (χ0) is 69.3. The van der Waals surface area contributed by atoms with Crippen molar-refractivity contribution in [3.05, 3.63) is 259 Å². The number of hydrogen-bond donors (Lipinski definition) is 10. The maximum atomic E-state index is 13.0. The topological polar surface area (TPSA) is 338 Å². The van der Waals surface area contributed by atoms with Gasteiger partial charge in [0.15, 0.2) is 0 Å². The molecule has 99 heavy (non-hydrogen) atoms. The molecular formula is C68H62Cl9N15O7. The molecule has 1 saturated heterocycles. The molecule has 0 saturated carbocycles. The molecule has 0 spiro atoms. The summed E-state index contributed by atoms with van der Waals surface area (Å²) in [5.74, 6) is -1.73. The summed E-state index contributed by atoms with van der Waals surface area (Å²) in [6.45, 7) is 2.45. The van der Waals surface area contributed by atoms with Crippen LogP contribution in [0.5, 0.6) is 0 Å². The van der Waals surface area contributed by atoms with Crippen LogP contribution in [-0.2, 0) is 4.74 Å². The third kappa shape index (κ3) is 22.3. The normalized spacial score (nSPS) is 11.3. The van der Waals surface area contributed by atoms with Crippen molar-refractivity contribution in [3.63, 3.8) is 0 Å². The fourth-order valence-electron chi connectivity index (χ4n) is 8.57. The lowest BCUT2D eigenvalue weighted by molar-refractivity contribution is 0.0680. The van der Waals surface area contributed by atoms with Gasteiger partial charge in [0.05, 0.1) is 77.1 Å². The number of anilines is 6. The van der Waals surface area contributed by atoms with Crippen LogP contribution >= 0.6 is 104 Å². The number of nitrogens with two attached hydrogens (primary N) is 2. The van der Waals surface area contributed by atoms with Crippen molar-refractivity contribution in [2.75, 3.05) is 65.3 Å². The standard InChI is InChI=1S/C24H20Cl3N5O3.C21H16Cl3N5O2.C20H14Cl3N5O2.3CH4/c25-16-5-6-20(29-13-16)30-24(34)18-11-17(26)12-19(27)21(18)31-23(33)15-3-1-14(2-4-15)22(28)32-7-9-35-10-8-32;1-26-19(25)11-2-4-12(5-3-11)20(30)29-18-15(8-14(23)9-16(18)24)21(31)28-17-7-6-13(22)10-27-17;21-12-5-6-16(26-9-12)27-20(30)14-7-13(22)8-15(23)17(14)28-19(29)11-3-1-10(2-4-11)18(24)25;;;/h1-6,11-13,28H,7-10H2,(H,31,33)(H,29,30,34);2-10H,1H3,(H2,25,26)(H,29,30)(H,27,28,31);1-9H,(H3,24,25)(H,28,29)(H,26,27,30);3*1H4. The van der Waals surface area contributed by atoms with Crippen LogP contribution < -0.4 is 43.4 Å². The van der Waals surface area contributed by atoms with E-state index in [0.29, 0.717) is 80.9 Å². The van der Waals surface area contributed by atoms with Crippen molar-refractivity contribution >= 4 is 192 Å². The Balaban J connectivity index is 0.000000265. The van der Waals surface area contributed by atoms with Crippen LogP contribution in [0.3, 0.4) is 0 Å². The molecule has 0 atom stereocenters. The van der Waals surface area contributed by atoms with Crippen LogP contribution in [0.4, 0.5) is 34.5 Å². The van der Waals surface area contributed by atoms with Gasteiger partial charge in [-0.05, 0) is 109 Å². The fourth-order valence-corrected chi connectivity index (χ4v) is 10.5. The number of amides is 6. The third-order valence-corrected chi connectivity index (χ3v) is 15.6. The van der Waals surface area contributed by atoms with E-state index in [1.807, 2.05) is 4.90 Å². The highest BCUT2D eigenvalue weighted by molar-refractivity contribution is 6.40. The highest BCUT2D eigenvalue weighted by Crippen LogP contribution is 2.35. The summed E-state index contributed by atoms with van der Waals surface area (Å²) >= 11 is 54.5. The quantitative estimate of drug-likeness (QED) is 0.0337. The molecule has 3 aromatic heterocycles. The van der Waals surface area contributed by atoms with Crippen molar-refractivity contribution < 1.29 is 33.5 Å². The fraction of sp³-hybridized carbons (Fsp3) is 0.118. The molecule has 1 fully saturated rings. The minimum absolute atomic E-state index is 0. The van der Waals surface area contributed by atoms with Crippen LogP contribution in [0.25, 0.3) is 0 Å². The number of pyridine rings is 3. The highest BCUT2D eigenvalue weighted by atomic mass is 35.5. The SMILES string of the molecule is C.C.C.CN=C(N)c1ccc(C(=O)Nc2c(Cl)cc(Cl)cc2C(=O)Nc2ccc(Cl)cn2)cc1.N=C(N)c1ccc(C(=O)Nc2c(Cl)cc(Cl)cc2C(=O)Nc2ccc(Cl)cn2)cc1.N=C(c1ccc(C(=O)Nc2c(Cl)cc(Cl)cc2C(=O)Nc2ccc(Cl)cn2)cc1)N1CCOCC1. The van der Waals surface area contributed by atoms with Crippen molar-refractivity contribution in [2.45, 2.75) is 22.3 Å². The van der Waals surface area contributed by atoms with Crippen molar-refractivity contribution in [1.29, 1.82) is 10.8 Å². The number of nitrogens with one attached hydrogen (secondary N) is 8. The number of carbonyl (C=O) groups is 6. The number of nitrogens with zero attached hydrogens (tertiary/aromatic N) is 5. The average molecular weight is 1520 g/mol. The summed E-state index contributed by atoms with van der Waals surface area (Å²) in [7, 11) is 1.57. The number of amidine groups is 3. The molecule has 1 aliphatic heterocycles. The molecule has 6 amide bonds. The van der Waals surface area contributed by atoms with E-state index in [0.717, 1.165) is 0 Å². The molecule has 22 nitrogen and oxygen atoms in total. The maximum Gasteiger partial charge on any atom is 0.259 e. The monoisotopic (exact) mass is 1520 g/mol. The van der Waals surface area contributed by atoms with Crippen molar-refractivity contribution in [2.24, 2.45) is 16.5 Å². The number of rotatable bonds is 15. The first-order valence-electron chi connectivity index (χ1n) is 27.8. The van der Waals surface area contributed by atoms with E-state index in [4.69, 9.17) is 131 Å². The Labute approximate surface area is 615 Å². The zero-order valence-electron chi connectivity index (χ0n) is 49.6. The minimum Gasteiger partial charge on any atom is -0.384 e. The number of aromatic nitrogens is 3. The number of aliphatic imine (C=N–C) groups is 1. The Morgan fingerprint density at radius 3 is 0.980 bits per heavy atom. The number of nitrogen functional groups attached to an aromatic ring is 1. The molecule has 0 bridgehead atoms. The third-order valence-electron chi connectivity index (χ3n) is 13.4.